The minimum Gasteiger partial charge on any atom is -0.388 e. The predicted molar refractivity (Wildman–Crippen MR) is 149 cm³/mol. The third kappa shape index (κ3) is 6.73. The molecule has 4 rings (SSSR count). The van der Waals surface area contributed by atoms with E-state index in [1.54, 1.807) is 23.0 Å². The number of hydrogen-bond acceptors (Lipinski definition) is 8. The first-order chi connectivity index (χ1) is 18.8. The van der Waals surface area contributed by atoms with Crippen molar-refractivity contribution in [3.63, 3.8) is 0 Å². The lowest BCUT2D eigenvalue weighted by Crippen LogP contribution is -2.49. The van der Waals surface area contributed by atoms with Crippen LogP contribution in [0.25, 0.3) is 11.5 Å². The lowest BCUT2D eigenvalue weighted by Gasteiger charge is -2.31. The van der Waals surface area contributed by atoms with Gasteiger partial charge in [-0.3, -0.25) is 14.6 Å². The highest BCUT2D eigenvalue weighted by atomic mass is 16.4. The number of carbonyl (C=O) groups is 2. The zero-order valence-corrected chi connectivity index (χ0v) is 23.1. The molecular weight excluding hydrogens is 498 g/mol. The Kier molecular flexibility index (Phi) is 9.15. The van der Waals surface area contributed by atoms with Crippen molar-refractivity contribution in [2.75, 3.05) is 45.1 Å². The van der Waals surface area contributed by atoms with Crippen molar-refractivity contribution >= 4 is 17.5 Å². The van der Waals surface area contributed by atoms with Gasteiger partial charge in [-0.25, -0.2) is 9.80 Å². The van der Waals surface area contributed by atoms with Crippen LogP contribution < -0.4 is 16.4 Å². The smallest absolute Gasteiger partial charge is 0.388 e. The van der Waals surface area contributed by atoms with Crippen LogP contribution in [0.5, 0.6) is 0 Å². The SMILES string of the molecule is CCNCCN(CC(=O)N(C)N1Cc2ccccc2C1)C(=O)CNc1cc(-c2nn(CC)c(=O)o2)ccc1C. The van der Waals surface area contributed by atoms with Gasteiger partial charge in [0.2, 0.25) is 11.8 Å². The molecule has 0 spiro atoms. The lowest BCUT2D eigenvalue weighted by atomic mass is 10.1. The Morgan fingerprint density at radius 3 is 2.44 bits per heavy atom. The third-order valence-electron chi connectivity index (χ3n) is 6.92. The van der Waals surface area contributed by atoms with Gasteiger partial charge in [0.25, 0.3) is 5.91 Å². The van der Waals surface area contributed by atoms with Crippen molar-refractivity contribution in [1.29, 1.82) is 0 Å². The van der Waals surface area contributed by atoms with Gasteiger partial charge in [0, 0.05) is 51.0 Å². The van der Waals surface area contributed by atoms with Crippen molar-refractivity contribution in [2.45, 2.75) is 40.4 Å². The van der Waals surface area contributed by atoms with E-state index < -0.39 is 5.76 Å². The molecule has 11 nitrogen and oxygen atoms in total. The molecule has 208 valence electrons. The van der Waals surface area contributed by atoms with Crippen LogP contribution in [0.15, 0.2) is 51.7 Å². The molecule has 1 aromatic heterocycles. The Balaban J connectivity index is 1.41. The maximum absolute atomic E-state index is 13.3. The average molecular weight is 536 g/mol. The Labute approximate surface area is 228 Å². The van der Waals surface area contributed by atoms with Crippen LogP contribution in [-0.2, 0) is 29.2 Å². The number of nitrogens with one attached hydrogen (secondary N) is 2. The van der Waals surface area contributed by atoms with E-state index in [1.165, 1.54) is 15.8 Å². The summed E-state index contributed by atoms with van der Waals surface area (Å²) in [6.07, 6.45) is 0. The zero-order valence-electron chi connectivity index (χ0n) is 23.1. The summed E-state index contributed by atoms with van der Waals surface area (Å²) in [7, 11) is 1.76. The summed E-state index contributed by atoms with van der Waals surface area (Å²) < 4.78 is 6.53. The first kappa shape index (κ1) is 28.1. The van der Waals surface area contributed by atoms with E-state index in [0.29, 0.717) is 38.3 Å². The van der Waals surface area contributed by atoms with E-state index in [-0.39, 0.29) is 30.8 Å². The van der Waals surface area contributed by atoms with Crippen molar-refractivity contribution in [1.82, 2.24) is 30.0 Å². The third-order valence-corrected chi connectivity index (χ3v) is 6.92. The standard InChI is InChI=1S/C28H37N7O4/c1-5-29-13-14-33(19-26(37)32(4)34-17-22-9-7-8-10-23(22)18-34)25(36)16-30-24-15-21(12-11-20(24)3)27-31-35(6-2)28(38)39-27/h7-12,15,29-30H,5-6,13-14,16-19H2,1-4H3. The Bertz CT molecular complexity index is 1340. The minimum absolute atomic E-state index is 0.00984. The van der Waals surface area contributed by atoms with Gasteiger partial charge in [-0.15, -0.1) is 5.10 Å². The van der Waals surface area contributed by atoms with Crippen LogP contribution in [0.4, 0.5) is 5.69 Å². The molecular formula is C28H37N7O4. The van der Waals surface area contributed by atoms with Crippen molar-refractivity contribution < 1.29 is 14.0 Å². The van der Waals surface area contributed by atoms with Crippen LogP contribution >= 0.6 is 0 Å². The maximum Gasteiger partial charge on any atom is 0.437 e. The van der Waals surface area contributed by atoms with Gasteiger partial charge in [0.15, 0.2) is 0 Å². The molecule has 0 saturated carbocycles. The van der Waals surface area contributed by atoms with Gasteiger partial charge in [-0.05, 0) is 49.2 Å². The minimum atomic E-state index is -0.512. The predicted octanol–water partition coefficient (Wildman–Crippen LogP) is 2.07. The highest BCUT2D eigenvalue weighted by molar-refractivity contribution is 5.87. The fourth-order valence-electron chi connectivity index (χ4n) is 4.48. The number of amides is 2. The first-order valence-electron chi connectivity index (χ1n) is 13.3. The van der Waals surface area contributed by atoms with E-state index in [1.807, 2.05) is 50.0 Å². The molecule has 0 bridgehead atoms. The largest absolute Gasteiger partial charge is 0.437 e. The summed E-state index contributed by atoms with van der Waals surface area (Å²) in [4.78, 5) is 40.0. The van der Waals surface area contributed by atoms with Crippen LogP contribution in [0.1, 0.15) is 30.5 Å². The molecule has 1 aliphatic rings. The zero-order chi connectivity index (χ0) is 27.9. The normalized spacial score (nSPS) is 12.8. The topological polar surface area (TPSA) is 116 Å². The monoisotopic (exact) mass is 535 g/mol. The summed E-state index contributed by atoms with van der Waals surface area (Å²) >= 11 is 0. The van der Waals surface area contributed by atoms with Gasteiger partial charge in [-0.1, -0.05) is 37.3 Å². The summed E-state index contributed by atoms with van der Waals surface area (Å²) in [5.41, 5.74) is 4.69. The number of rotatable bonds is 12. The molecule has 2 aromatic carbocycles. The van der Waals surface area contributed by atoms with E-state index >= 15 is 0 Å². The highest BCUT2D eigenvalue weighted by Crippen LogP contribution is 2.24. The lowest BCUT2D eigenvalue weighted by molar-refractivity contribution is -0.151. The number of likely N-dealkylation sites (N-methyl/N-ethyl adjacent to an activating group) is 2. The molecule has 0 fully saturated rings. The molecule has 0 atom stereocenters. The van der Waals surface area contributed by atoms with Gasteiger partial charge < -0.3 is 20.0 Å². The van der Waals surface area contributed by atoms with Gasteiger partial charge in [-0.2, -0.15) is 4.68 Å². The number of anilines is 1. The molecule has 0 saturated heterocycles. The van der Waals surface area contributed by atoms with Crippen LogP contribution in [-0.4, -0.2) is 76.3 Å². The highest BCUT2D eigenvalue weighted by Gasteiger charge is 2.27. The fourth-order valence-corrected chi connectivity index (χ4v) is 4.48. The number of aromatic nitrogens is 2. The van der Waals surface area contributed by atoms with Crippen LogP contribution in [0, 0.1) is 6.92 Å². The number of benzene rings is 2. The van der Waals surface area contributed by atoms with E-state index in [0.717, 1.165) is 17.8 Å². The number of hydrogen-bond donors (Lipinski definition) is 2. The molecule has 0 radical (unpaired) electrons. The molecule has 2 heterocycles. The second-order valence-electron chi connectivity index (χ2n) is 9.55. The number of nitrogens with zero attached hydrogens (tertiary/aromatic N) is 5. The fraction of sp³-hybridized carbons (Fsp3) is 0.429. The van der Waals surface area contributed by atoms with Crippen LogP contribution in [0.2, 0.25) is 0 Å². The molecule has 1 aliphatic heterocycles. The molecule has 39 heavy (non-hydrogen) atoms. The van der Waals surface area contributed by atoms with Gasteiger partial charge >= 0.3 is 5.76 Å². The van der Waals surface area contributed by atoms with Crippen LogP contribution in [0.3, 0.4) is 0 Å². The summed E-state index contributed by atoms with van der Waals surface area (Å²) in [5.74, 6) is -0.624. The van der Waals surface area contributed by atoms with Crippen molar-refractivity contribution in [2.24, 2.45) is 0 Å². The van der Waals surface area contributed by atoms with E-state index in [2.05, 4.69) is 27.9 Å². The number of hydrazine groups is 1. The molecule has 3 aromatic rings. The molecule has 11 heteroatoms. The quantitative estimate of drug-likeness (QED) is 0.339. The van der Waals surface area contributed by atoms with Gasteiger partial charge in [0.1, 0.15) is 6.54 Å². The van der Waals surface area contributed by atoms with E-state index in [4.69, 9.17) is 4.42 Å². The van der Waals surface area contributed by atoms with Gasteiger partial charge in [0.05, 0.1) is 6.54 Å². The maximum atomic E-state index is 13.3. The average Bonchev–Trinajstić information content (AvgIpc) is 3.54. The van der Waals surface area contributed by atoms with E-state index in [9.17, 15) is 14.4 Å². The number of fused-ring (bicyclic) bond motifs is 1. The number of aryl methyl sites for hydroxylation is 2. The molecule has 2 amide bonds. The summed E-state index contributed by atoms with van der Waals surface area (Å²) in [6.45, 7) is 9.24. The summed E-state index contributed by atoms with van der Waals surface area (Å²) in [6, 6.07) is 13.7. The Morgan fingerprint density at radius 1 is 1.08 bits per heavy atom. The molecule has 2 N–H and O–H groups in total. The van der Waals surface area contributed by atoms with Crippen molar-refractivity contribution in [3.8, 4) is 11.5 Å². The Hall–Kier alpha value is -3.96. The van der Waals surface area contributed by atoms with Crippen molar-refractivity contribution in [3.05, 3.63) is 69.7 Å². The number of carbonyl (C=O) groups excluding carboxylic acids is 2. The summed E-state index contributed by atoms with van der Waals surface area (Å²) in [5, 5.41) is 14.3. The molecule has 0 aliphatic carbocycles. The molecule has 0 unspecified atom stereocenters. The second-order valence-corrected chi connectivity index (χ2v) is 9.55. The second kappa shape index (κ2) is 12.7. The first-order valence-corrected chi connectivity index (χ1v) is 13.3. The Morgan fingerprint density at radius 2 is 1.79 bits per heavy atom.